The van der Waals surface area contributed by atoms with E-state index >= 15 is 0 Å². The molecule has 0 unspecified atom stereocenters. The molecule has 0 spiro atoms. The predicted molar refractivity (Wildman–Crippen MR) is 308 cm³/mol. The molecule has 3 nitrogen and oxygen atoms in total. The molecule has 0 atom stereocenters. The molecular formula is C68H68BN3. The van der Waals surface area contributed by atoms with Crippen molar-refractivity contribution in [2.45, 2.75) is 129 Å². The minimum atomic E-state index is -0.0960. The van der Waals surface area contributed by atoms with Gasteiger partial charge < -0.3 is 14.7 Å². The van der Waals surface area contributed by atoms with Gasteiger partial charge in [-0.1, -0.05) is 154 Å². The molecule has 0 aromatic heterocycles. The van der Waals surface area contributed by atoms with Crippen LogP contribution in [-0.4, -0.2) is 6.71 Å². The Kier molecular flexibility index (Phi) is 9.63. The largest absolute Gasteiger partial charge is 0.311 e. The minimum Gasteiger partial charge on any atom is -0.311 e. The van der Waals surface area contributed by atoms with Gasteiger partial charge in [0.2, 0.25) is 0 Å². The third kappa shape index (κ3) is 6.56. The lowest BCUT2D eigenvalue weighted by Crippen LogP contribution is -2.62. The van der Waals surface area contributed by atoms with Crippen LogP contribution in [0.1, 0.15) is 134 Å². The standard InChI is InChI=1S/C68H68BN3/c1-43-36-61-63-62(37-43)72(47-27-30-53-54(39-47)65(4,5)33-32-64(53,2)3)60-42-56-55(66(6,7)34-35-67(56,8)9)41-58(60)69(63)57-31-28-48(70(44-20-14-12-15-21-44)45-22-16-13-17-23-45)40-59(57)71(61)46-26-29-52-50(38-46)49-24-18-19-25-51(49)68(52,10)11/h12-31,36-42H,32-35H2,1-11H3. The summed E-state index contributed by atoms with van der Waals surface area (Å²) >= 11 is 0. The summed E-state index contributed by atoms with van der Waals surface area (Å²) in [4.78, 5) is 7.75. The van der Waals surface area contributed by atoms with Gasteiger partial charge in [0.05, 0.1) is 0 Å². The van der Waals surface area contributed by atoms with Gasteiger partial charge in [-0.25, -0.2) is 0 Å². The lowest BCUT2D eigenvalue weighted by molar-refractivity contribution is 0.332. The van der Waals surface area contributed by atoms with E-state index in [0.29, 0.717) is 0 Å². The van der Waals surface area contributed by atoms with E-state index in [2.05, 4.69) is 255 Å². The second-order valence-corrected chi connectivity index (χ2v) is 25.2. The van der Waals surface area contributed by atoms with Crippen molar-refractivity contribution < 1.29 is 0 Å². The van der Waals surface area contributed by atoms with Crippen LogP contribution < -0.4 is 31.1 Å². The number of rotatable bonds is 5. The highest BCUT2D eigenvalue weighted by Gasteiger charge is 2.48. The maximum Gasteiger partial charge on any atom is 0.252 e. The van der Waals surface area contributed by atoms with Gasteiger partial charge >= 0.3 is 0 Å². The van der Waals surface area contributed by atoms with Gasteiger partial charge in [0, 0.05) is 56.6 Å². The van der Waals surface area contributed by atoms with Crippen LogP contribution in [0.25, 0.3) is 11.1 Å². The first-order valence-corrected chi connectivity index (χ1v) is 26.7. The summed E-state index contributed by atoms with van der Waals surface area (Å²) in [6.45, 7) is 26.9. The van der Waals surface area contributed by atoms with Crippen LogP contribution in [0.15, 0.2) is 164 Å². The zero-order chi connectivity index (χ0) is 49.9. The molecule has 0 fully saturated rings. The highest BCUT2D eigenvalue weighted by Crippen LogP contribution is 2.55. The lowest BCUT2D eigenvalue weighted by Gasteiger charge is -2.48. The van der Waals surface area contributed by atoms with Gasteiger partial charge in [-0.15, -0.1) is 0 Å². The summed E-state index contributed by atoms with van der Waals surface area (Å²) in [6, 6.07) is 63.4. The van der Waals surface area contributed by atoms with E-state index < -0.39 is 0 Å². The summed E-state index contributed by atoms with van der Waals surface area (Å²) in [5.74, 6) is 0. The molecule has 5 aliphatic rings. The SMILES string of the molecule is Cc1cc2c3c(c1)N(c1ccc4c(c1)C(C)(C)CCC4(C)C)c1cc4c(cc1B3c1ccc(N(c3ccccc3)c3ccccc3)cc1N2c1ccc2c(c1)-c1ccccc1C2(C)C)C(C)(C)CCC4(C)C. The number of para-hydroxylation sites is 2. The second-order valence-electron chi connectivity index (χ2n) is 25.2. The minimum absolute atomic E-state index is 0.00252. The number of nitrogens with zero attached hydrogens (tertiary/aromatic N) is 3. The topological polar surface area (TPSA) is 9.72 Å². The first kappa shape index (κ1) is 45.1. The fraction of sp³-hybridized carbons (Fsp3) is 0.294. The van der Waals surface area contributed by atoms with Crippen LogP contribution in [-0.2, 0) is 27.1 Å². The Morgan fingerprint density at radius 2 is 0.861 bits per heavy atom. The van der Waals surface area contributed by atoms with Crippen LogP contribution in [0.4, 0.5) is 51.2 Å². The summed E-state index contributed by atoms with van der Waals surface area (Å²) in [7, 11) is 0. The van der Waals surface area contributed by atoms with E-state index in [1.807, 2.05) is 0 Å². The zero-order valence-corrected chi connectivity index (χ0v) is 44.3. The number of anilines is 9. The van der Waals surface area contributed by atoms with Crippen molar-refractivity contribution in [3.63, 3.8) is 0 Å². The molecule has 0 radical (unpaired) electrons. The first-order chi connectivity index (χ1) is 34.3. The molecule has 13 rings (SSSR count). The van der Waals surface area contributed by atoms with E-state index in [-0.39, 0.29) is 33.8 Å². The maximum atomic E-state index is 2.69. The zero-order valence-electron chi connectivity index (χ0n) is 44.3. The number of benzene rings is 8. The van der Waals surface area contributed by atoms with Crippen molar-refractivity contribution in [2.75, 3.05) is 14.7 Å². The molecular weight excluding hydrogens is 870 g/mol. The summed E-state index contributed by atoms with van der Waals surface area (Å²) in [5.41, 5.74) is 27.9. The smallest absolute Gasteiger partial charge is 0.252 e. The predicted octanol–water partition coefficient (Wildman–Crippen LogP) is 16.6. The van der Waals surface area contributed by atoms with Crippen molar-refractivity contribution in [3.05, 3.63) is 203 Å². The van der Waals surface area contributed by atoms with E-state index in [0.717, 1.165) is 23.5 Å². The quantitative estimate of drug-likeness (QED) is 0.159. The lowest BCUT2D eigenvalue weighted by atomic mass is 9.33. The third-order valence-corrected chi connectivity index (χ3v) is 18.4. The van der Waals surface area contributed by atoms with Crippen LogP contribution in [0.3, 0.4) is 0 Å². The van der Waals surface area contributed by atoms with Gasteiger partial charge in [0.15, 0.2) is 0 Å². The molecule has 8 aromatic rings. The van der Waals surface area contributed by atoms with Crippen LogP contribution in [0.5, 0.6) is 0 Å². The van der Waals surface area contributed by atoms with Crippen molar-refractivity contribution in [1.82, 2.24) is 0 Å². The first-order valence-electron chi connectivity index (χ1n) is 26.7. The molecule has 2 aliphatic heterocycles. The van der Waals surface area contributed by atoms with E-state index in [9.17, 15) is 0 Å². The fourth-order valence-electron chi connectivity index (χ4n) is 14.0. The second kappa shape index (κ2) is 15.4. The van der Waals surface area contributed by atoms with Crippen molar-refractivity contribution >= 4 is 74.3 Å². The average molecular weight is 938 g/mol. The normalized spacial score (nSPS) is 18.5. The maximum absolute atomic E-state index is 2.69. The number of hydrogen-bond donors (Lipinski definition) is 0. The van der Waals surface area contributed by atoms with Crippen LogP contribution in [0, 0.1) is 6.92 Å². The van der Waals surface area contributed by atoms with Gasteiger partial charge in [0.1, 0.15) is 0 Å². The molecule has 72 heavy (non-hydrogen) atoms. The molecule has 0 bridgehead atoms. The third-order valence-electron chi connectivity index (χ3n) is 18.4. The van der Waals surface area contributed by atoms with Crippen molar-refractivity contribution in [3.8, 4) is 11.1 Å². The van der Waals surface area contributed by atoms with Crippen LogP contribution >= 0.6 is 0 Å². The monoisotopic (exact) mass is 938 g/mol. The van der Waals surface area contributed by atoms with E-state index in [1.165, 1.54) is 120 Å². The summed E-state index contributed by atoms with van der Waals surface area (Å²) < 4.78 is 0. The Hall–Kier alpha value is -6.78. The van der Waals surface area contributed by atoms with Crippen LogP contribution in [0.2, 0.25) is 0 Å². The Balaban J connectivity index is 1.12. The highest BCUT2D eigenvalue weighted by molar-refractivity contribution is 7.00. The molecule has 2 heterocycles. The number of aryl methyl sites for hydroxylation is 1. The Morgan fingerprint density at radius 1 is 0.375 bits per heavy atom. The Labute approximate surface area is 429 Å². The number of hydrogen-bond acceptors (Lipinski definition) is 3. The van der Waals surface area contributed by atoms with E-state index in [1.54, 1.807) is 0 Å². The van der Waals surface area contributed by atoms with Gasteiger partial charge in [-0.2, -0.15) is 0 Å². The molecule has 3 aliphatic carbocycles. The molecule has 4 heteroatoms. The van der Waals surface area contributed by atoms with Crippen molar-refractivity contribution in [1.29, 1.82) is 0 Å². The Bertz CT molecular complexity index is 3500. The molecule has 0 saturated carbocycles. The average Bonchev–Trinajstić information content (AvgIpc) is 3.59. The molecule has 0 amide bonds. The van der Waals surface area contributed by atoms with E-state index in [4.69, 9.17) is 0 Å². The summed E-state index contributed by atoms with van der Waals surface area (Å²) in [5, 5.41) is 0. The highest BCUT2D eigenvalue weighted by atomic mass is 15.2. The van der Waals surface area contributed by atoms with Crippen molar-refractivity contribution in [2.24, 2.45) is 0 Å². The van der Waals surface area contributed by atoms with Gasteiger partial charge in [0.25, 0.3) is 6.71 Å². The summed E-state index contributed by atoms with van der Waals surface area (Å²) in [6.07, 6.45) is 4.70. The number of fused-ring (bicyclic) bond motifs is 9. The molecule has 0 saturated heterocycles. The fourth-order valence-corrected chi connectivity index (χ4v) is 14.0. The molecule has 8 aromatic carbocycles. The molecule has 0 N–H and O–H groups in total. The van der Waals surface area contributed by atoms with Gasteiger partial charge in [-0.3, -0.25) is 0 Å². The molecule has 358 valence electrons. The van der Waals surface area contributed by atoms with Gasteiger partial charge in [-0.05, 0) is 200 Å². The Morgan fingerprint density at radius 3 is 1.47 bits per heavy atom.